The molecular formula is C15H14N4O5S. The topological polar surface area (TPSA) is 135 Å². The lowest BCUT2D eigenvalue weighted by atomic mass is 9.99. The van der Waals surface area contributed by atoms with Gasteiger partial charge in [-0.05, 0) is 30.5 Å². The highest BCUT2D eigenvalue weighted by molar-refractivity contribution is 7.14. The van der Waals surface area contributed by atoms with Crippen LogP contribution in [0.5, 0.6) is 0 Å². The molecule has 3 heterocycles. The van der Waals surface area contributed by atoms with Gasteiger partial charge in [-0.15, -0.1) is 11.3 Å². The number of hydrogen-bond acceptors (Lipinski definition) is 6. The number of rotatable bonds is 5. The standard InChI is InChI=1S/C15H14N4O5S/c1-15(9-3-2-5-24-9)13(22)19(14(23)18-15)7-10(20)17-12-8(11(16)21)4-6-25-12/h2-6H,7H2,1H3,(H2,16,21)(H,17,20)(H,18,23)/t15-/m1/s1. The summed E-state index contributed by atoms with van der Waals surface area (Å²) in [5.41, 5.74) is 4.00. The summed E-state index contributed by atoms with van der Waals surface area (Å²) in [7, 11) is 0. The number of urea groups is 1. The molecule has 5 amide bonds. The van der Waals surface area contributed by atoms with Crippen LogP contribution in [0.2, 0.25) is 0 Å². The molecule has 3 rings (SSSR count). The van der Waals surface area contributed by atoms with E-state index in [4.69, 9.17) is 10.2 Å². The Balaban J connectivity index is 1.73. The minimum Gasteiger partial charge on any atom is -0.466 e. The van der Waals surface area contributed by atoms with E-state index in [0.29, 0.717) is 0 Å². The van der Waals surface area contributed by atoms with Gasteiger partial charge in [0.05, 0.1) is 11.8 Å². The number of hydrogen-bond donors (Lipinski definition) is 3. The van der Waals surface area contributed by atoms with Gasteiger partial charge in [0.25, 0.3) is 11.8 Å². The Morgan fingerprint density at radius 1 is 1.40 bits per heavy atom. The third kappa shape index (κ3) is 2.87. The van der Waals surface area contributed by atoms with E-state index in [0.717, 1.165) is 16.2 Å². The van der Waals surface area contributed by atoms with Crippen LogP contribution >= 0.6 is 11.3 Å². The average molecular weight is 362 g/mol. The number of furan rings is 1. The molecule has 1 fully saturated rings. The van der Waals surface area contributed by atoms with Gasteiger partial charge in [-0.25, -0.2) is 4.79 Å². The van der Waals surface area contributed by atoms with Gasteiger partial charge in [0.1, 0.15) is 17.3 Å². The van der Waals surface area contributed by atoms with E-state index < -0.39 is 35.8 Å². The van der Waals surface area contributed by atoms with E-state index >= 15 is 0 Å². The van der Waals surface area contributed by atoms with Crippen molar-refractivity contribution in [1.29, 1.82) is 0 Å². The number of carbonyl (C=O) groups excluding carboxylic acids is 4. The van der Waals surface area contributed by atoms with Crippen molar-refractivity contribution >= 4 is 40.1 Å². The van der Waals surface area contributed by atoms with Crippen molar-refractivity contribution < 1.29 is 23.6 Å². The minimum atomic E-state index is -1.37. The molecule has 25 heavy (non-hydrogen) atoms. The third-order valence-electron chi connectivity index (χ3n) is 3.77. The molecule has 1 saturated heterocycles. The van der Waals surface area contributed by atoms with Crippen LogP contribution in [0.3, 0.4) is 0 Å². The molecule has 1 atom stereocenters. The quantitative estimate of drug-likeness (QED) is 0.678. The lowest BCUT2D eigenvalue weighted by molar-refractivity contribution is -0.134. The number of nitrogens with zero attached hydrogens (tertiary/aromatic N) is 1. The maximum atomic E-state index is 12.6. The van der Waals surface area contributed by atoms with Crippen LogP contribution in [0.4, 0.5) is 9.80 Å². The summed E-state index contributed by atoms with van der Waals surface area (Å²) in [5.74, 6) is -1.65. The molecule has 1 aliphatic rings. The first-order chi connectivity index (χ1) is 11.8. The Labute approximate surface area is 145 Å². The fraction of sp³-hybridized carbons (Fsp3) is 0.200. The number of carbonyl (C=O) groups is 4. The first-order valence-electron chi connectivity index (χ1n) is 7.18. The van der Waals surface area contributed by atoms with Crippen LogP contribution in [-0.4, -0.2) is 35.2 Å². The fourth-order valence-electron chi connectivity index (χ4n) is 2.48. The van der Waals surface area contributed by atoms with E-state index in [2.05, 4.69) is 10.6 Å². The second-order valence-electron chi connectivity index (χ2n) is 5.50. The fourth-order valence-corrected chi connectivity index (χ4v) is 3.29. The van der Waals surface area contributed by atoms with E-state index in [1.807, 2.05) is 0 Å². The molecule has 0 saturated carbocycles. The lowest BCUT2D eigenvalue weighted by Crippen LogP contribution is -2.41. The highest BCUT2D eigenvalue weighted by Gasteiger charge is 2.51. The number of primary amides is 1. The molecule has 0 spiro atoms. The molecule has 1 aliphatic heterocycles. The van der Waals surface area contributed by atoms with Gasteiger partial charge in [-0.3, -0.25) is 19.3 Å². The maximum absolute atomic E-state index is 12.6. The number of anilines is 1. The predicted octanol–water partition coefficient (Wildman–Crippen LogP) is 0.846. The van der Waals surface area contributed by atoms with Gasteiger partial charge < -0.3 is 20.8 Å². The second kappa shape index (κ2) is 6.06. The average Bonchev–Trinajstić information content (AvgIpc) is 3.26. The van der Waals surface area contributed by atoms with E-state index in [1.165, 1.54) is 19.3 Å². The summed E-state index contributed by atoms with van der Waals surface area (Å²) in [6, 6.07) is 3.93. The number of imide groups is 1. The van der Waals surface area contributed by atoms with Crippen molar-refractivity contribution in [2.45, 2.75) is 12.5 Å². The summed E-state index contributed by atoms with van der Waals surface area (Å²) in [5, 5.41) is 6.86. The molecule has 0 bridgehead atoms. The third-order valence-corrected chi connectivity index (χ3v) is 4.60. The Kier molecular flexibility index (Phi) is 4.05. The number of nitrogens with two attached hydrogens (primary N) is 1. The van der Waals surface area contributed by atoms with Crippen LogP contribution in [0.1, 0.15) is 23.0 Å². The maximum Gasteiger partial charge on any atom is 0.325 e. The van der Waals surface area contributed by atoms with Gasteiger partial charge in [-0.2, -0.15) is 0 Å². The summed E-state index contributed by atoms with van der Waals surface area (Å²) in [4.78, 5) is 48.9. The molecule has 2 aromatic heterocycles. The van der Waals surface area contributed by atoms with Crippen LogP contribution in [0, 0.1) is 0 Å². The van der Waals surface area contributed by atoms with E-state index in [-0.39, 0.29) is 16.3 Å². The van der Waals surface area contributed by atoms with Crippen molar-refractivity contribution in [3.8, 4) is 0 Å². The Hall–Kier alpha value is -3.14. The SMILES string of the molecule is C[C@]1(c2ccco2)NC(=O)N(CC(=O)Nc2sccc2C(N)=O)C1=O. The van der Waals surface area contributed by atoms with Crippen molar-refractivity contribution in [2.75, 3.05) is 11.9 Å². The molecule has 2 aromatic rings. The monoisotopic (exact) mass is 362 g/mol. The Morgan fingerprint density at radius 2 is 2.16 bits per heavy atom. The van der Waals surface area contributed by atoms with E-state index in [9.17, 15) is 19.2 Å². The number of thiophene rings is 1. The van der Waals surface area contributed by atoms with Crippen LogP contribution in [-0.2, 0) is 15.1 Å². The largest absolute Gasteiger partial charge is 0.466 e. The molecule has 0 aliphatic carbocycles. The molecule has 10 heteroatoms. The van der Waals surface area contributed by atoms with Crippen LogP contribution in [0.25, 0.3) is 0 Å². The van der Waals surface area contributed by atoms with Gasteiger partial charge >= 0.3 is 6.03 Å². The van der Waals surface area contributed by atoms with Crippen molar-refractivity contribution in [1.82, 2.24) is 10.2 Å². The van der Waals surface area contributed by atoms with Crippen LogP contribution in [0.15, 0.2) is 34.3 Å². The van der Waals surface area contributed by atoms with Crippen molar-refractivity contribution in [2.24, 2.45) is 5.73 Å². The van der Waals surface area contributed by atoms with E-state index in [1.54, 1.807) is 17.5 Å². The predicted molar refractivity (Wildman–Crippen MR) is 87.8 cm³/mol. The van der Waals surface area contributed by atoms with Crippen LogP contribution < -0.4 is 16.4 Å². The summed E-state index contributed by atoms with van der Waals surface area (Å²) < 4.78 is 5.21. The summed E-state index contributed by atoms with van der Waals surface area (Å²) in [6.07, 6.45) is 1.39. The summed E-state index contributed by atoms with van der Waals surface area (Å²) in [6.45, 7) is 0.992. The number of nitrogens with one attached hydrogen (secondary N) is 2. The highest BCUT2D eigenvalue weighted by atomic mass is 32.1. The van der Waals surface area contributed by atoms with Gasteiger partial charge in [0.2, 0.25) is 5.91 Å². The molecule has 130 valence electrons. The first-order valence-corrected chi connectivity index (χ1v) is 8.06. The molecule has 0 unspecified atom stereocenters. The summed E-state index contributed by atoms with van der Waals surface area (Å²) >= 11 is 1.11. The minimum absolute atomic E-state index is 0.163. The second-order valence-corrected chi connectivity index (χ2v) is 6.42. The van der Waals surface area contributed by atoms with Crippen molar-refractivity contribution in [3.63, 3.8) is 0 Å². The van der Waals surface area contributed by atoms with Gasteiger partial charge in [0, 0.05) is 0 Å². The van der Waals surface area contributed by atoms with Gasteiger partial charge in [0.15, 0.2) is 5.54 Å². The zero-order chi connectivity index (χ0) is 18.2. The smallest absolute Gasteiger partial charge is 0.325 e. The Morgan fingerprint density at radius 3 is 2.80 bits per heavy atom. The Bertz CT molecular complexity index is 859. The highest BCUT2D eigenvalue weighted by Crippen LogP contribution is 2.29. The molecular weight excluding hydrogens is 348 g/mol. The molecule has 0 aromatic carbocycles. The first kappa shape index (κ1) is 16.7. The normalized spacial score (nSPS) is 19.8. The molecule has 9 nitrogen and oxygen atoms in total. The zero-order valence-corrected chi connectivity index (χ0v) is 13.9. The number of amides is 5. The molecule has 4 N–H and O–H groups in total. The lowest BCUT2D eigenvalue weighted by Gasteiger charge is -2.18. The molecule has 0 radical (unpaired) electrons. The van der Waals surface area contributed by atoms with Gasteiger partial charge in [-0.1, -0.05) is 0 Å². The van der Waals surface area contributed by atoms with Crippen molar-refractivity contribution in [3.05, 3.63) is 41.2 Å². The zero-order valence-electron chi connectivity index (χ0n) is 13.1.